The number of amides is 1. The van der Waals surface area contributed by atoms with E-state index in [0.717, 1.165) is 37.7 Å². The standard InChI is InChI=1S/C19H19ClFN3O2S2/c20-16-6-5-15(28-16)18(25)23-7-10-27-19(26)13-4-3-12(11-14(13)21)17(22)24-8-1-2-9-24/h3-6,11,22H,1-2,7-10H2,(H,23,25). The van der Waals surface area contributed by atoms with E-state index in [0.29, 0.717) is 26.4 Å². The Kier molecular flexibility index (Phi) is 7.09. The smallest absolute Gasteiger partial charge is 0.261 e. The SMILES string of the molecule is N=C(c1ccc(C(=O)SCCNC(=O)c2ccc(Cl)s2)c(F)c1)N1CCCC1. The first kappa shape index (κ1) is 20.8. The summed E-state index contributed by atoms with van der Waals surface area (Å²) in [5.41, 5.74) is 0.460. The molecule has 1 amide bonds. The number of carbonyl (C=O) groups is 2. The third-order valence-corrected chi connectivity index (χ3v) is 6.42. The first-order valence-electron chi connectivity index (χ1n) is 8.80. The summed E-state index contributed by atoms with van der Waals surface area (Å²) in [5.74, 6) is -0.259. The van der Waals surface area contributed by atoms with Crippen LogP contribution in [0.3, 0.4) is 0 Å². The van der Waals surface area contributed by atoms with Gasteiger partial charge in [0, 0.05) is 31.0 Å². The van der Waals surface area contributed by atoms with Gasteiger partial charge in [0.05, 0.1) is 14.8 Å². The van der Waals surface area contributed by atoms with E-state index in [9.17, 15) is 14.0 Å². The van der Waals surface area contributed by atoms with Gasteiger partial charge in [-0.3, -0.25) is 15.0 Å². The van der Waals surface area contributed by atoms with E-state index in [-0.39, 0.29) is 18.0 Å². The van der Waals surface area contributed by atoms with Crippen molar-refractivity contribution in [2.75, 3.05) is 25.4 Å². The molecule has 1 aliphatic rings. The predicted molar refractivity (Wildman–Crippen MR) is 112 cm³/mol. The van der Waals surface area contributed by atoms with Crippen LogP contribution in [0.5, 0.6) is 0 Å². The molecule has 1 aromatic heterocycles. The molecule has 0 spiro atoms. The Labute approximate surface area is 175 Å². The number of carbonyl (C=O) groups excluding carboxylic acids is 2. The van der Waals surface area contributed by atoms with Gasteiger partial charge in [0.25, 0.3) is 5.91 Å². The highest BCUT2D eigenvalue weighted by molar-refractivity contribution is 8.14. The van der Waals surface area contributed by atoms with Crippen LogP contribution in [0.25, 0.3) is 0 Å². The van der Waals surface area contributed by atoms with Crippen molar-refractivity contribution < 1.29 is 14.0 Å². The van der Waals surface area contributed by atoms with Crippen LogP contribution in [0.15, 0.2) is 30.3 Å². The summed E-state index contributed by atoms with van der Waals surface area (Å²) in [6.07, 6.45) is 2.07. The summed E-state index contributed by atoms with van der Waals surface area (Å²) in [4.78, 5) is 26.6. The van der Waals surface area contributed by atoms with Crippen LogP contribution in [0.1, 0.15) is 38.4 Å². The maximum absolute atomic E-state index is 14.4. The molecule has 0 atom stereocenters. The van der Waals surface area contributed by atoms with Crippen LogP contribution in [-0.2, 0) is 0 Å². The van der Waals surface area contributed by atoms with E-state index in [1.54, 1.807) is 18.2 Å². The van der Waals surface area contributed by atoms with Gasteiger partial charge >= 0.3 is 0 Å². The quantitative estimate of drug-likeness (QED) is 0.400. The molecule has 0 unspecified atom stereocenters. The maximum Gasteiger partial charge on any atom is 0.261 e. The molecular weight excluding hydrogens is 421 g/mol. The Morgan fingerprint density at radius 2 is 2.00 bits per heavy atom. The number of hydrogen-bond acceptors (Lipinski definition) is 5. The summed E-state index contributed by atoms with van der Waals surface area (Å²) < 4.78 is 14.9. The fourth-order valence-electron chi connectivity index (χ4n) is 2.86. The van der Waals surface area contributed by atoms with Gasteiger partial charge in [-0.1, -0.05) is 29.4 Å². The van der Waals surface area contributed by atoms with Crippen LogP contribution in [-0.4, -0.2) is 47.1 Å². The van der Waals surface area contributed by atoms with Crippen molar-refractivity contribution in [2.24, 2.45) is 0 Å². The Morgan fingerprint density at radius 3 is 2.64 bits per heavy atom. The van der Waals surface area contributed by atoms with E-state index in [1.165, 1.54) is 23.5 Å². The lowest BCUT2D eigenvalue weighted by Crippen LogP contribution is -2.27. The van der Waals surface area contributed by atoms with Crippen LogP contribution in [0.2, 0.25) is 4.34 Å². The third kappa shape index (κ3) is 5.12. The van der Waals surface area contributed by atoms with Gasteiger partial charge < -0.3 is 10.2 Å². The maximum atomic E-state index is 14.4. The largest absolute Gasteiger partial charge is 0.357 e. The minimum atomic E-state index is -0.629. The molecule has 1 aromatic carbocycles. The van der Waals surface area contributed by atoms with Gasteiger partial charge in [0.15, 0.2) is 0 Å². The van der Waals surface area contributed by atoms with Crippen LogP contribution < -0.4 is 5.32 Å². The topological polar surface area (TPSA) is 73.3 Å². The van der Waals surface area contributed by atoms with E-state index >= 15 is 0 Å². The Morgan fingerprint density at radius 1 is 1.25 bits per heavy atom. The second-order valence-corrected chi connectivity index (χ2v) is 9.02. The third-order valence-electron chi connectivity index (χ3n) is 4.30. The first-order chi connectivity index (χ1) is 13.5. The fourth-order valence-corrected chi connectivity index (χ4v) is 4.53. The van der Waals surface area contributed by atoms with Gasteiger partial charge in [0.1, 0.15) is 11.7 Å². The Hall–Kier alpha value is -1.90. The van der Waals surface area contributed by atoms with Crippen molar-refractivity contribution in [3.05, 3.63) is 56.5 Å². The van der Waals surface area contributed by atoms with E-state index in [2.05, 4.69) is 5.32 Å². The van der Waals surface area contributed by atoms with E-state index < -0.39 is 10.9 Å². The van der Waals surface area contributed by atoms with Gasteiger partial charge in [-0.2, -0.15) is 0 Å². The molecule has 0 bridgehead atoms. The number of amidine groups is 1. The molecule has 2 aromatic rings. The molecule has 0 saturated carbocycles. The predicted octanol–water partition coefficient (Wildman–Crippen LogP) is 4.27. The van der Waals surface area contributed by atoms with Crippen molar-refractivity contribution in [1.29, 1.82) is 5.41 Å². The highest BCUT2D eigenvalue weighted by Gasteiger charge is 2.19. The van der Waals surface area contributed by atoms with Gasteiger partial charge in [-0.15, -0.1) is 11.3 Å². The number of hydrogen-bond donors (Lipinski definition) is 2. The molecule has 0 aliphatic carbocycles. The average molecular weight is 440 g/mol. The van der Waals surface area contributed by atoms with Crippen molar-refractivity contribution in [1.82, 2.24) is 10.2 Å². The number of benzene rings is 1. The minimum Gasteiger partial charge on any atom is -0.357 e. The molecule has 0 radical (unpaired) electrons. The molecule has 1 aliphatic heterocycles. The number of likely N-dealkylation sites (tertiary alicyclic amines) is 1. The lowest BCUT2D eigenvalue weighted by atomic mass is 10.1. The number of nitrogens with one attached hydrogen (secondary N) is 2. The molecule has 28 heavy (non-hydrogen) atoms. The van der Waals surface area contributed by atoms with Gasteiger partial charge in [-0.25, -0.2) is 4.39 Å². The summed E-state index contributed by atoms with van der Waals surface area (Å²) in [6, 6.07) is 7.57. The van der Waals surface area contributed by atoms with Crippen molar-refractivity contribution in [2.45, 2.75) is 12.8 Å². The van der Waals surface area contributed by atoms with Crippen LogP contribution >= 0.6 is 34.7 Å². The zero-order valence-electron chi connectivity index (χ0n) is 15.0. The molecule has 5 nitrogen and oxygen atoms in total. The highest BCUT2D eigenvalue weighted by atomic mass is 35.5. The van der Waals surface area contributed by atoms with E-state index in [1.807, 2.05) is 4.90 Å². The Balaban J connectivity index is 1.50. The summed E-state index contributed by atoms with van der Waals surface area (Å²) in [7, 11) is 0. The molecule has 1 fully saturated rings. The monoisotopic (exact) mass is 439 g/mol. The zero-order valence-corrected chi connectivity index (χ0v) is 17.4. The second kappa shape index (κ2) is 9.54. The van der Waals surface area contributed by atoms with Gasteiger partial charge in [0.2, 0.25) is 5.12 Å². The molecule has 2 N–H and O–H groups in total. The molecule has 3 rings (SSSR count). The molecule has 148 valence electrons. The van der Waals surface area contributed by atoms with Crippen molar-refractivity contribution in [3.8, 4) is 0 Å². The summed E-state index contributed by atoms with van der Waals surface area (Å²) in [5, 5.41) is 10.5. The van der Waals surface area contributed by atoms with E-state index in [4.69, 9.17) is 17.0 Å². The van der Waals surface area contributed by atoms with Crippen molar-refractivity contribution in [3.63, 3.8) is 0 Å². The number of nitrogens with zero attached hydrogens (tertiary/aromatic N) is 1. The number of rotatable bonds is 6. The fraction of sp³-hybridized carbons (Fsp3) is 0.316. The molecule has 1 saturated heterocycles. The molecule has 2 heterocycles. The lowest BCUT2D eigenvalue weighted by Gasteiger charge is -2.18. The number of thiophene rings is 1. The van der Waals surface area contributed by atoms with Crippen LogP contribution in [0.4, 0.5) is 4.39 Å². The normalized spacial score (nSPS) is 13.6. The zero-order chi connectivity index (χ0) is 20.1. The van der Waals surface area contributed by atoms with Crippen LogP contribution in [0, 0.1) is 11.2 Å². The number of halogens is 2. The van der Waals surface area contributed by atoms with Gasteiger partial charge in [-0.05, 0) is 37.1 Å². The summed E-state index contributed by atoms with van der Waals surface area (Å²) in [6.45, 7) is 1.89. The first-order valence-corrected chi connectivity index (χ1v) is 11.0. The number of thioether (sulfide) groups is 1. The van der Waals surface area contributed by atoms with Crippen molar-refractivity contribution >= 4 is 51.6 Å². The lowest BCUT2D eigenvalue weighted by molar-refractivity contribution is 0.0959. The Bertz CT molecular complexity index is 897. The second-order valence-electron chi connectivity index (χ2n) is 6.23. The molecular formula is C19H19ClFN3O2S2. The minimum absolute atomic E-state index is 0.0145. The highest BCUT2D eigenvalue weighted by Crippen LogP contribution is 2.22. The summed E-state index contributed by atoms with van der Waals surface area (Å²) >= 11 is 7.92. The molecule has 9 heteroatoms. The average Bonchev–Trinajstić information content (AvgIpc) is 3.36.